The van der Waals surface area contributed by atoms with E-state index in [0.717, 1.165) is 12.2 Å². The maximum absolute atomic E-state index is 4.37. The summed E-state index contributed by atoms with van der Waals surface area (Å²) in [6.07, 6.45) is 4.35. The van der Waals surface area contributed by atoms with Gasteiger partial charge in [-0.1, -0.05) is 63.1 Å². The third-order valence-electron chi connectivity index (χ3n) is 4.18. The molecule has 1 N–H and O–H groups in total. The standard InChI is InChI=1S/C19H26N2/c1-4-17(5-2)19(18-9-7-6-8-10-18)21-14-16-12-11-15(3)20-13-16/h6-13,17,19,21H,4-5,14H2,1-3H3. The number of nitrogens with one attached hydrogen (secondary N) is 1. The lowest BCUT2D eigenvalue weighted by molar-refractivity contribution is 0.339. The zero-order valence-corrected chi connectivity index (χ0v) is 13.3. The van der Waals surface area contributed by atoms with Gasteiger partial charge < -0.3 is 5.32 Å². The van der Waals surface area contributed by atoms with Crippen LogP contribution in [0.4, 0.5) is 0 Å². The highest BCUT2D eigenvalue weighted by atomic mass is 14.9. The summed E-state index contributed by atoms with van der Waals surface area (Å²) in [5.74, 6) is 0.658. The molecule has 2 rings (SSSR count). The topological polar surface area (TPSA) is 24.9 Å². The third-order valence-corrected chi connectivity index (χ3v) is 4.18. The molecule has 2 heteroatoms. The number of rotatable bonds is 7. The molecule has 21 heavy (non-hydrogen) atoms. The number of aromatic nitrogens is 1. The Hall–Kier alpha value is -1.67. The lowest BCUT2D eigenvalue weighted by atomic mass is 9.88. The van der Waals surface area contributed by atoms with E-state index in [2.05, 4.69) is 66.6 Å². The van der Waals surface area contributed by atoms with Gasteiger partial charge in [-0.2, -0.15) is 0 Å². The summed E-state index contributed by atoms with van der Waals surface area (Å²) >= 11 is 0. The summed E-state index contributed by atoms with van der Waals surface area (Å²) in [6, 6.07) is 15.4. The molecule has 0 radical (unpaired) electrons. The van der Waals surface area contributed by atoms with Crippen LogP contribution in [0.1, 0.15) is 49.6 Å². The quantitative estimate of drug-likeness (QED) is 0.799. The molecular formula is C19H26N2. The normalized spacial score (nSPS) is 12.6. The number of pyridine rings is 1. The van der Waals surface area contributed by atoms with Gasteiger partial charge in [0, 0.05) is 24.5 Å². The second-order valence-corrected chi connectivity index (χ2v) is 5.65. The molecule has 0 saturated carbocycles. The van der Waals surface area contributed by atoms with Gasteiger partial charge in [0.2, 0.25) is 0 Å². The SMILES string of the molecule is CCC(CC)C(NCc1ccc(C)nc1)c1ccccc1. The fraction of sp³-hybridized carbons (Fsp3) is 0.421. The van der Waals surface area contributed by atoms with E-state index >= 15 is 0 Å². The van der Waals surface area contributed by atoms with Gasteiger partial charge in [-0.3, -0.25) is 4.98 Å². The Balaban J connectivity index is 2.10. The minimum Gasteiger partial charge on any atom is -0.306 e. The largest absolute Gasteiger partial charge is 0.306 e. The fourth-order valence-electron chi connectivity index (χ4n) is 2.81. The summed E-state index contributed by atoms with van der Waals surface area (Å²) in [4.78, 5) is 4.37. The van der Waals surface area contributed by atoms with Crippen LogP contribution >= 0.6 is 0 Å². The predicted octanol–water partition coefficient (Wildman–Crippen LogP) is 4.66. The van der Waals surface area contributed by atoms with E-state index in [9.17, 15) is 0 Å². The molecule has 2 nitrogen and oxygen atoms in total. The molecule has 0 fully saturated rings. The van der Waals surface area contributed by atoms with Crippen LogP contribution in [-0.2, 0) is 6.54 Å². The molecule has 0 amide bonds. The average molecular weight is 282 g/mol. The second-order valence-electron chi connectivity index (χ2n) is 5.65. The molecule has 0 bridgehead atoms. The van der Waals surface area contributed by atoms with Gasteiger partial charge >= 0.3 is 0 Å². The van der Waals surface area contributed by atoms with Gasteiger partial charge in [0.25, 0.3) is 0 Å². The molecule has 1 heterocycles. The first kappa shape index (κ1) is 15.7. The van der Waals surface area contributed by atoms with E-state index in [0.29, 0.717) is 12.0 Å². The van der Waals surface area contributed by atoms with Crippen molar-refractivity contribution in [2.75, 3.05) is 0 Å². The highest BCUT2D eigenvalue weighted by molar-refractivity contribution is 5.20. The van der Waals surface area contributed by atoms with Gasteiger partial charge in [-0.05, 0) is 30.0 Å². The van der Waals surface area contributed by atoms with Gasteiger partial charge in [0.1, 0.15) is 0 Å². The van der Waals surface area contributed by atoms with Crippen molar-refractivity contribution in [2.24, 2.45) is 5.92 Å². The number of benzene rings is 1. The molecule has 0 saturated heterocycles. The highest BCUT2D eigenvalue weighted by Gasteiger charge is 2.19. The van der Waals surface area contributed by atoms with E-state index in [4.69, 9.17) is 0 Å². The summed E-state index contributed by atoms with van der Waals surface area (Å²) in [5, 5.41) is 3.73. The van der Waals surface area contributed by atoms with E-state index in [1.807, 2.05) is 13.1 Å². The Kier molecular flexibility index (Phi) is 5.94. The molecule has 112 valence electrons. The van der Waals surface area contributed by atoms with Crippen LogP contribution in [0.25, 0.3) is 0 Å². The first-order valence-electron chi connectivity index (χ1n) is 7.94. The van der Waals surface area contributed by atoms with E-state index < -0.39 is 0 Å². The molecule has 1 unspecified atom stereocenters. The van der Waals surface area contributed by atoms with Crippen LogP contribution in [-0.4, -0.2) is 4.98 Å². The fourth-order valence-corrected chi connectivity index (χ4v) is 2.81. The average Bonchev–Trinajstić information content (AvgIpc) is 2.54. The third kappa shape index (κ3) is 4.40. The van der Waals surface area contributed by atoms with E-state index in [-0.39, 0.29) is 0 Å². The van der Waals surface area contributed by atoms with Gasteiger partial charge in [0.05, 0.1) is 0 Å². The van der Waals surface area contributed by atoms with E-state index in [1.54, 1.807) is 0 Å². The van der Waals surface area contributed by atoms with Crippen LogP contribution in [0.15, 0.2) is 48.7 Å². The predicted molar refractivity (Wildman–Crippen MR) is 89.1 cm³/mol. The van der Waals surface area contributed by atoms with Gasteiger partial charge in [0.15, 0.2) is 0 Å². The van der Waals surface area contributed by atoms with Crippen molar-refractivity contribution < 1.29 is 0 Å². The Bertz CT molecular complexity index is 515. The van der Waals surface area contributed by atoms with Crippen molar-refractivity contribution >= 4 is 0 Å². The van der Waals surface area contributed by atoms with Crippen molar-refractivity contribution in [3.63, 3.8) is 0 Å². The van der Waals surface area contributed by atoms with Crippen LogP contribution in [0, 0.1) is 12.8 Å². The Morgan fingerprint density at radius 2 is 1.71 bits per heavy atom. The molecule has 1 atom stereocenters. The smallest absolute Gasteiger partial charge is 0.0372 e. The summed E-state index contributed by atoms with van der Waals surface area (Å²) in [5.41, 5.74) is 3.69. The zero-order chi connectivity index (χ0) is 15.1. The van der Waals surface area contributed by atoms with Gasteiger partial charge in [-0.15, -0.1) is 0 Å². The van der Waals surface area contributed by atoms with Crippen molar-refractivity contribution in [1.82, 2.24) is 10.3 Å². The lowest BCUT2D eigenvalue weighted by Gasteiger charge is -2.27. The number of nitrogens with zero attached hydrogens (tertiary/aromatic N) is 1. The van der Waals surface area contributed by atoms with Crippen LogP contribution in [0.2, 0.25) is 0 Å². The Morgan fingerprint density at radius 3 is 2.29 bits per heavy atom. The van der Waals surface area contributed by atoms with Gasteiger partial charge in [-0.25, -0.2) is 0 Å². The Morgan fingerprint density at radius 1 is 1.00 bits per heavy atom. The van der Waals surface area contributed by atoms with Crippen molar-refractivity contribution in [1.29, 1.82) is 0 Å². The van der Waals surface area contributed by atoms with Crippen molar-refractivity contribution in [3.8, 4) is 0 Å². The molecule has 0 aliphatic heterocycles. The highest BCUT2D eigenvalue weighted by Crippen LogP contribution is 2.27. The first-order chi connectivity index (χ1) is 10.2. The molecule has 0 spiro atoms. The Labute approximate surface area is 128 Å². The van der Waals surface area contributed by atoms with Crippen molar-refractivity contribution in [2.45, 2.75) is 46.2 Å². The number of aryl methyl sites for hydroxylation is 1. The molecule has 1 aromatic carbocycles. The van der Waals surface area contributed by atoms with Crippen molar-refractivity contribution in [3.05, 3.63) is 65.5 Å². The molecular weight excluding hydrogens is 256 g/mol. The minimum absolute atomic E-state index is 0.405. The monoisotopic (exact) mass is 282 g/mol. The maximum atomic E-state index is 4.37. The van der Waals surface area contributed by atoms with Crippen LogP contribution < -0.4 is 5.32 Å². The summed E-state index contributed by atoms with van der Waals surface area (Å²) in [6.45, 7) is 7.44. The van der Waals surface area contributed by atoms with Crippen LogP contribution in [0.5, 0.6) is 0 Å². The number of hydrogen-bond donors (Lipinski definition) is 1. The lowest BCUT2D eigenvalue weighted by Crippen LogP contribution is -2.27. The second kappa shape index (κ2) is 7.94. The molecule has 2 aromatic rings. The van der Waals surface area contributed by atoms with Crippen LogP contribution in [0.3, 0.4) is 0 Å². The summed E-state index contributed by atoms with van der Waals surface area (Å²) < 4.78 is 0. The molecule has 0 aliphatic carbocycles. The zero-order valence-electron chi connectivity index (χ0n) is 13.3. The van der Waals surface area contributed by atoms with E-state index in [1.165, 1.54) is 24.0 Å². The molecule has 1 aromatic heterocycles. The minimum atomic E-state index is 0.405. The number of hydrogen-bond acceptors (Lipinski definition) is 2. The molecule has 0 aliphatic rings. The maximum Gasteiger partial charge on any atom is 0.0372 e. The summed E-state index contributed by atoms with van der Waals surface area (Å²) in [7, 11) is 0. The first-order valence-corrected chi connectivity index (χ1v) is 7.94.